The van der Waals surface area contributed by atoms with Crippen molar-refractivity contribution in [2.24, 2.45) is 0 Å². The smallest absolute Gasteiger partial charge is 0.341 e. The lowest BCUT2D eigenvalue weighted by molar-refractivity contribution is 0.0695. The molecule has 3 heterocycles. The number of aromatic carboxylic acids is 1. The number of aromatic amines is 1. The molecule has 0 bridgehead atoms. The third-order valence-corrected chi connectivity index (χ3v) is 4.79. The minimum absolute atomic E-state index is 0.0264. The molecule has 0 amide bonds. The van der Waals surface area contributed by atoms with Crippen molar-refractivity contribution in [3.8, 4) is 6.01 Å². The highest BCUT2D eigenvalue weighted by Gasteiger charge is 2.22. The third-order valence-electron chi connectivity index (χ3n) is 4.79. The Morgan fingerprint density at radius 1 is 1.14 bits per heavy atom. The summed E-state index contributed by atoms with van der Waals surface area (Å²) in [5.41, 5.74) is 0.401. The van der Waals surface area contributed by atoms with E-state index in [1.807, 2.05) is 30.3 Å². The lowest BCUT2D eigenvalue weighted by atomic mass is 10.1. The van der Waals surface area contributed by atoms with Crippen LogP contribution < -0.4 is 15.1 Å². The van der Waals surface area contributed by atoms with Crippen LogP contribution in [0.1, 0.15) is 35.2 Å². The maximum atomic E-state index is 12.7. The van der Waals surface area contributed by atoms with Gasteiger partial charge >= 0.3 is 12.0 Å². The van der Waals surface area contributed by atoms with Crippen molar-refractivity contribution >= 4 is 22.8 Å². The van der Waals surface area contributed by atoms with Crippen LogP contribution in [0.3, 0.4) is 0 Å². The normalized spacial score (nSPS) is 14.2. The summed E-state index contributed by atoms with van der Waals surface area (Å²) in [5, 5.41) is 9.26. The molecule has 0 radical (unpaired) electrons. The number of carbonyl (C=O) groups is 1. The number of hydrogen-bond donors (Lipinski definition) is 2. The molecule has 1 fully saturated rings. The molecule has 0 saturated carbocycles. The van der Waals surface area contributed by atoms with Gasteiger partial charge in [-0.25, -0.2) is 4.79 Å². The second kappa shape index (κ2) is 7.67. The third kappa shape index (κ3) is 3.53. The fraction of sp³-hybridized carbons (Fsp3) is 0.300. The Morgan fingerprint density at radius 2 is 1.89 bits per heavy atom. The predicted octanol–water partition coefficient (Wildman–Crippen LogP) is 2.59. The summed E-state index contributed by atoms with van der Waals surface area (Å²) < 4.78 is 5.74. The predicted molar refractivity (Wildman–Crippen MR) is 104 cm³/mol. The number of benzene rings is 1. The molecule has 8 nitrogen and oxygen atoms in total. The van der Waals surface area contributed by atoms with E-state index in [4.69, 9.17) is 4.74 Å². The molecule has 1 aromatic carbocycles. The number of piperidine rings is 1. The molecule has 1 saturated heterocycles. The molecule has 2 aromatic heterocycles. The summed E-state index contributed by atoms with van der Waals surface area (Å²) in [7, 11) is 0. The number of carboxylic acids is 1. The van der Waals surface area contributed by atoms with Crippen molar-refractivity contribution in [3.05, 3.63) is 57.9 Å². The SMILES string of the molecule is O=C(O)c1c[nH]c2c(N3CCCCC3)nc(OCc3ccccc3)nc2c1=O. The van der Waals surface area contributed by atoms with E-state index >= 15 is 0 Å². The van der Waals surface area contributed by atoms with Crippen LogP contribution in [0.2, 0.25) is 0 Å². The molecule has 28 heavy (non-hydrogen) atoms. The second-order valence-corrected chi connectivity index (χ2v) is 6.71. The first-order valence-corrected chi connectivity index (χ1v) is 9.22. The number of anilines is 1. The monoisotopic (exact) mass is 380 g/mol. The van der Waals surface area contributed by atoms with E-state index in [1.165, 1.54) is 6.20 Å². The first-order chi connectivity index (χ1) is 13.6. The van der Waals surface area contributed by atoms with E-state index < -0.39 is 11.4 Å². The zero-order valence-corrected chi connectivity index (χ0v) is 15.2. The topological polar surface area (TPSA) is 108 Å². The van der Waals surface area contributed by atoms with Crippen molar-refractivity contribution < 1.29 is 14.6 Å². The molecule has 8 heteroatoms. The molecule has 1 aliphatic heterocycles. The molecular formula is C20H20N4O4. The van der Waals surface area contributed by atoms with E-state index in [-0.39, 0.29) is 23.7 Å². The average molecular weight is 380 g/mol. The summed E-state index contributed by atoms with van der Waals surface area (Å²) in [4.78, 5) is 37.7. The number of carboxylic acid groups (broad SMARTS) is 1. The number of H-pyrrole nitrogens is 1. The molecule has 1 aliphatic rings. The zero-order valence-electron chi connectivity index (χ0n) is 15.2. The minimum Gasteiger partial charge on any atom is -0.477 e. The Hall–Kier alpha value is -3.42. The summed E-state index contributed by atoms with van der Waals surface area (Å²) in [6.45, 7) is 1.88. The average Bonchev–Trinajstić information content (AvgIpc) is 2.73. The molecule has 3 aromatic rings. The molecular weight excluding hydrogens is 360 g/mol. The fourth-order valence-corrected chi connectivity index (χ4v) is 3.34. The fourth-order valence-electron chi connectivity index (χ4n) is 3.34. The first kappa shape index (κ1) is 18.0. The van der Waals surface area contributed by atoms with Gasteiger partial charge in [-0.1, -0.05) is 30.3 Å². The zero-order chi connectivity index (χ0) is 19.5. The number of fused-ring (bicyclic) bond motifs is 1. The number of hydrogen-bond acceptors (Lipinski definition) is 6. The number of nitrogens with one attached hydrogen (secondary N) is 1. The minimum atomic E-state index is -1.30. The van der Waals surface area contributed by atoms with E-state index in [9.17, 15) is 14.7 Å². The lowest BCUT2D eigenvalue weighted by Gasteiger charge is -2.28. The second-order valence-electron chi connectivity index (χ2n) is 6.71. The Kier molecular flexibility index (Phi) is 4.92. The molecule has 0 unspecified atom stereocenters. The lowest BCUT2D eigenvalue weighted by Crippen LogP contribution is -2.31. The van der Waals surface area contributed by atoms with Crippen LogP contribution in [0.15, 0.2) is 41.3 Å². The maximum Gasteiger partial charge on any atom is 0.341 e. The Balaban J connectivity index is 1.79. The van der Waals surface area contributed by atoms with Gasteiger partial charge in [0, 0.05) is 19.3 Å². The number of aromatic nitrogens is 3. The Morgan fingerprint density at radius 3 is 2.61 bits per heavy atom. The van der Waals surface area contributed by atoms with E-state index in [1.54, 1.807) is 0 Å². The van der Waals surface area contributed by atoms with Gasteiger partial charge in [-0.15, -0.1) is 0 Å². The molecule has 0 aliphatic carbocycles. The van der Waals surface area contributed by atoms with Crippen LogP contribution in [-0.4, -0.2) is 39.1 Å². The summed E-state index contributed by atoms with van der Waals surface area (Å²) in [5.74, 6) is -0.727. The summed E-state index contributed by atoms with van der Waals surface area (Å²) in [6.07, 6.45) is 4.41. The van der Waals surface area contributed by atoms with Gasteiger partial charge in [-0.05, 0) is 24.8 Å². The summed E-state index contributed by atoms with van der Waals surface area (Å²) >= 11 is 0. The van der Waals surface area contributed by atoms with Crippen molar-refractivity contribution in [2.45, 2.75) is 25.9 Å². The van der Waals surface area contributed by atoms with Crippen LogP contribution in [0.4, 0.5) is 5.82 Å². The van der Waals surface area contributed by atoms with Crippen molar-refractivity contribution in [3.63, 3.8) is 0 Å². The van der Waals surface area contributed by atoms with Crippen LogP contribution in [-0.2, 0) is 6.61 Å². The number of rotatable bonds is 5. The van der Waals surface area contributed by atoms with Crippen molar-refractivity contribution in [2.75, 3.05) is 18.0 Å². The number of nitrogens with zero attached hydrogens (tertiary/aromatic N) is 3. The van der Waals surface area contributed by atoms with E-state index in [0.29, 0.717) is 11.3 Å². The Bertz CT molecular complexity index is 1060. The maximum absolute atomic E-state index is 12.7. The van der Waals surface area contributed by atoms with Gasteiger partial charge in [0.15, 0.2) is 5.82 Å². The van der Waals surface area contributed by atoms with Crippen LogP contribution in [0.5, 0.6) is 6.01 Å². The van der Waals surface area contributed by atoms with Crippen molar-refractivity contribution in [1.29, 1.82) is 0 Å². The molecule has 0 atom stereocenters. The van der Waals surface area contributed by atoms with Crippen LogP contribution in [0.25, 0.3) is 11.0 Å². The van der Waals surface area contributed by atoms with Gasteiger partial charge in [0.05, 0.1) is 0 Å². The van der Waals surface area contributed by atoms with Crippen LogP contribution >= 0.6 is 0 Å². The molecule has 0 spiro atoms. The quantitative estimate of drug-likeness (QED) is 0.700. The van der Waals surface area contributed by atoms with E-state index in [0.717, 1.165) is 37.9 Å². The highest BCUT2D eigenvalue weighted by atomic mass is 16.5. The Labute approximate surface area is 160 Å². The van der Waals surface area contributed by atoms with Gasteiger partial charge in [-0.2, -0.15) is 9.97 Å². The highest BCUT2D eigenvalue weighted by Crippen LogP contribution is 2.26. The van der Waals surface area contributed by atoms with Gasteiger partial charge in [-0.3, -0.25) is 4.79 Å². The first-order valence-electron chi connectivity index (χ1n) is 9.22. The number of pyridine rings is 1. The van der Waals surface area contributed by atoms with Crippen molar-refractivity contribution in [1.82, 2.24) is 15.0 Å². The van der Waals surface area contributed by atoms with Gasteiger partial charge in [0.2, 0.25) is 5.43 Å². The molecule has 4 rings (SSSR count). The van der Waals surface area contributed by atoms with Crippen LogP contribution in [0, 0.1) is 0 Å². The summed E-state index contributed by atoms with van der Waals surface area (Å²) in [6, 6.07) is 9.62. The van der Waals surface area contributed by atoms with E-state index in [2.05, 4.69) is 19.9 Å². The standard InChI is InChI=1S/C20H20N4O4/c25-17-14(19(26)27)11-21-16-15(17)22-20(28-12-13-7-3-1-4-8-13)23-18(16)24-9-5-2-6-10-24/h1,3-4,7-8,11H,2,5-6,9-10,12H2,(H,21,25)(H,26,27). The molecule has 144 valence electrons. The highest BCUT2D eigenvalue weighted by molar-refractivity contribution is 5.94. The van der Waals surface area contributed by atoms with Gasteiger partial charge in [0.25, 0.3) is 0 Å². The molecule has 2 N–H and O–H groups in total. The van der Waals surface area contributed by atoms with Gasteiger partial charge < -0.3 is 19.7 Å². The van der Waals surface area contributed by atoms with Gasteiger partial charge in [0.1, 0.15) is 23.2 Å². The number of ether oxygens (including phenoxy) is 1. The largest absolute Gasteiger partial charge is 0.477 e.